The molecule has 5 nitrogen and oxygen atoms in total. The van der Waals surface area contributed by atoms with E-state index in [1.54, 1.807) is 37.5 Å². The summed E-state index contributed by atoms with van der Waals surface area (Å²) in [5.74, 6) is 1.36. The van der Waals surface area contributed by atoms with Crippen LogP contribution in [0.15, 0.2) is 40.6 Å². The lowest BCUT2D eigenvalue weighted by Crippen LogP contribution is -1.98. The number of hydrogen-bond donors (Lipinski definition) is 1. The molecule has 0 spiro atoms. The maximum absolute atomic E-state index is 12.4. The number of phenols is 1. The number of ketones is 1. The van der Waals surface area contributed by atoms with Gasteiger partial charge in [0, 0.05) is 0 Å². The van der Waals surface area contributed by atoms with Crippen molar-refractivity contribution < 1.29 is 24.1 Å². The van der Waals surface area contributed by atoms with Crippen LogP contribution >= 0.6 is 15.9 Å². The number of Topliss-reactive ketones (excluding diaryl/α,β-unsaturated/α-hetero) is 1. The van der Waals surface area contributed by atoms with Crippen molar-refractivity contribution in [2.75, 3.05) is 14.2 Å². The van der Waals surface area contributed by atoms with E-state index in [1.165, 1.54) is 13.2 Å². The molecule has 0 atom stereocenters. The van der Waals surface area contributed by atoms with E-state index in [2.05, 4.69) is 15.9 Å². The van der Waals surface area contributed by atoms with Crippen LogP contribution in [-0.4, -0.2) is 25.1 Å². The minimum Gasteiger partial charge on any atom is -0.504 e. The quantitative estimate of drug-likeness (QED) is 0.825. The Hall–Kier alpha value is -2.47. The second-order valence-corrected chi connectivity index (χ2v) is 5.62. The molecule has 0 radical (unpaired) electrons. The van der Waals surface area contributed by atoms with Gasteiger partial charge >= 0.3 is 0 Å². The molecule has 118 valence electrons. The van der Waals surface area contributed by atoms with Gasteiger partial charge in [0.15, 0.2) is 23.0 Å². The highest BCUT2D eigenvalue weighted by molar-refractivity contribution is 9.10. The first-order chi connectivity index (χ1) is 11.0. The number of fused-ring (bicyclic) bond motifs is 1. The van der Waals surface area contributed by atoms with Crippen molar-refractivity contribution in [1.29, 1.82) is 0 Å². The normalized spacial score (nSPS) is 14.6. The van der Waals surface area contributed by atoms with Gasteiger partial charge in [0.05, 0.1) is 19.8 Å². The second kappa shape index (κ2) is 5.96. The Morgan fingerprint density at radius 3 is 2.57 bits per heavy atom. The van der Waals surface area contributed by atoms with Crippen molar-refractivity contribution in [1.82, 2.24) is 0 Å². The van der Waals surface area contributed by atoms with Crippen LogP contribution in [0.25, 0.3) is 6.08 Å². The number of ether oxygens (including phenoxy) is 3. The van der Waals surface area contributed by atoms with Crippen LogP contribution in [0.2, 0.25) is 0 Å². The van der Waals surface area contributed by atoms with Gasteiger partial charge in [-0.3, -0.25) is 4.79 Å². The lowest BCUT2D eigenvalue weighted by atomic mass is 10.1. The summed E-state index contributed by atoms with van der Waals surface area (Å²) in [7, 11) is 3.01. The average Bonchev–Trinajstić information content (AvgIpc) is 2.87. The van der Waals surface area contributed by atoms with E-state index in [-0.39, 0.29) is 17.3 Å². The molecule has 1 N–H and O–H groups in total. The zero-order chi connectivity index (χ0) is 16.6. The van der Waals surface area contributed by atoms with Gasteiger partial charge in [-0.25, -0.2) is 0 Å². The van der Waals surface area contributed by atoms with Crippen molar-refractivity contribution in [3.8, 4) is 23.0 Å². The molecule has 0 unspecified atom stereocenters. The molecular weight excluding hydrogens is 364 g/mol. The van der Waals surface area contributed by atoms with E-state index >= 15 is 0 Å². The maximum atomic E-state index is 12.4. The summed E-state index contributed by atoms with van der Waals surface area (Å²) in [6.45, 7) is 0. The smallest absolute Gasteiger partial charge is 0.232 e. The van der Waals surface area contributed by atoms with Crippen molar-refractivity contribution in [3.05, 3.63) is 51.7 Å². The molecule has 2 aromatic carbocycles. The Bertz CT molecular complexity index is 826. The van der Waals surface area contributed by atoms with E-state index < -0.39 is 0 Å². The molecule has 1 aliphatic rings. The van der Waals surface area contributed by atoms with Crippen molar-refractivity contribution in [2.45, 2.75) is 0 Å². The number of allylic oxidation sites excluding steroid dienone is 1. The highest BCUT2D eigenvalue weighted by Crippen LogP contribution is 2.43. The number of hydrogen-bond acceptors (Lipinski definition) is 5. The molecule has 0 saturated carbocycles. The fourth-order valence-corrected chi connectivity index (χ4v) is 2.88. The molecule has 23 heavy (non-hydrogen) atoms. The summed E-state index contributed by atoms with van der Waals surface area (Å²) in [5, 5.41) is 9.62. The summed E-state index contributed by atoms with van der Waals surface area (Å²) < 4.78 is 16.5. The summed E-state index contributed by atoms with van der Waals surface area (Å²) in [6, 6.07) is 8.16. The second-order valence-electron chi connectivity index (χ2n) is 4.83. The number of phenolic OH excluding ortho intramolecular Hbond substituents is 1. The van der Waals surface area contributed by atoms with Crippen LogP contribution in [-0.2, 0) is 0 Å². The third-order valence-electron chi connectivity index (χ3n) is 3.46. The molecule has 6 heteroatoms. The topological polar surface area (TPSA) is 65.0 Å². The molecule has 1 aliphatic heterocycles. The molecular formula is C17H13BrO5. The Balaban J connectivity index is 2.00. The molecule has 2 aromatic rings. The molecule has 3 rings (SSSR count). The number of carbonyl (C=O) groups excluding carboxylic acids is 1. The number of aromatic hydroxyl groups is 1. The Morgan fingerprint density at radius 2 is 1.87 bits per heavy atom. The Labute approximate surface area is 141 Å². The molecule has 0 aromatic heterocycles. The summed E-state index contributed by atoms with van der Waals surface area (Å²) in [6.07, 6.45) is 1.60. The summed E-state index contributed by atoms with van der Waals surface area (Å²) in [5.41, 5.74) is 1.15. The van der Waals surface area contributed by atoms with Gasteiger partial charge in [-0.2, -0.15) is 0 Å². The first kappa shape index (κ1) is 15.4. The molecule has 0 saturated heterocycles. The predicted octanol–water partition coefficient (Wildman–Crippen LogP) is 3.79. The van der Waals surface area contributed by atoms with E-state index in [1.807, 2.05) is 0 Å². The van der Waals surface area contributed by atoms with Gasteiger partial charge in [0.1, 0.15) is 10.2 Å². The number of carbonyl (C=O) groups is 1. The highest BCUT2D eigenvalue weighted by atomic mass is 79.9. The Kier molecular flexibility index (Phi) is 4.00. The monoisotopic (exact) mass is 376 g/mol. The number of halogens is 1. The van der Waals surface area contributed by atoms with Gasteiger partial charge in [0.25, 0.3) is 0 Å². The fourth-order valence-electron chi connectivity index (χ4n) is 2.29. The fraction of sp³-hybridized carbons (Fsp3) is 0.118. The third-order valence-corrected chi connectivity index (χ3v) is 4.21. The van der Waals surface area contributed by atoms with Gasteiger partial charge < -0.3 is 19.3 Å². The van der Waals surface area contributed by atoms with Crippen LogP contribution in [0.3, 0.4) is 0 Å². The summed E-state index contributed by atoms with van der Waals surface area (Å²) in [4.78, 5) is 12.4. The van der Waals surface area contributed by atoms with Crippen molar-refractivity contribution in [2.24, 2.45) is 0 Å². The van der Waals surface area contributed by atoms with Gasteiger partial charge in [-0.15, -0.1) is 0 Å². The largest absolute Gasteiger partial charge is 0.504 e. The number of benzene rings is 2. The third kappa shape index (κ3) is 2.66. The molecule has 0 bridgehead atoms. The van der Waals surface area contributed by atoms with E-state index in [9.17, 15) is 9.90 Å². The molecule has 0 fully saturated rings. The SMILES string of the molecule is COc1cc(/C=C2\Oc3c(ccc(OC)c3Br)C2=O)ccc1O. The highest BCUT2D eigenvalue weighted by Gasteiger charge is 2.30. The van der Waals surface area contributed by atoms with Crippen LogP contribution in [0.5, 0.6) is 23.0 Å². The standard InChI is InChI=1S/C17H13BrO5/c1-21-12-6-4-10-16(20)14(23-17(10)15(12)18)8-9-3-5-11(19)13(7-9)22-2/h3-8,19H,1-2H3/b14-8-. The van der Waals surface area contributed by atoms with Crippen LogP contribution in [0.1, 0.15) is 15.9 Å². The zero-order valence-electron chi connectivity index (χ0n) is 12.4. The lowest BCUT2D eigenvalue weighted by Gasteiger charge is -2.06. The van der Waals surface area contributed by atoms with Gasteiger partial charge in [-0.1, -0.05) is 6.07 Å². The zero-order valence-corrected chi connectivity index (χ0v) is 14.0. The number of rotatable bonds is 3. The average molecular weight is 377 g/mol. The molecule has 0 amide bonds. The van der Waals surface area contributed by atoms with Crippen LogP contribution in [0, 0.1) is 0 Å². The van der Waals surface area contributed by atoms with Crippen molar-refractivity contribution >= 4 is 27.8 Å². The van der Waals surface area contributed by atoms with E-state index in [0.717, 1.165) is 0 Å². The molecule has 1 heterocycles. The number of methoxy groups -OCH3 is 2. The first-order valence-corrected chi connectivity index (χ1v) is 7.52. The molecule has 0 aliphatic carbocycles. The van der Waals surface area contributed by atoms with Crippen LogP contribution < -0.4 is 14.2 Å². The summed E-state index contributed by atoms with van der Waals surface area (Å²) >= 11 is 3.38. The van der Waals surface area contributed by atoms with Gasteiger partial charge in [0.2, 0.25) is 5.78 Å². The Morgan fingerprint density at radius 1 is 1.13 bits per heavy atom. The minimum atomic E-state index is -0.213. The van der Waals surface area contributed by atoms with Gasteiger partial charge in [-0.05, 0) is 51.8 Å². The van der Waals surface area contributed by atoms with E-state index in [4.69, 9.17) is 14.2 Å². The predicted molar refractivity (Wildman–Crippen MR) is 88.3 cm³/mol. The van der Waals surface area contributed by atoms with Crippen LogP contribution in [0.4, 0.5) is 0 Å². The minimum absolute atomic E-state index is 0.0316. The lowest BCUT2D eigenvalue weighted by molar-refractivity contribution is 0.101. The van der Waals surface area contributed by atoms with Crippen molar-refractivity contribution in [3.63, 3.8) is 0 Å². The van der Waals surface area contributed by atoms with E-state index in [0.29, 0.717) is 32.8 Å². The first-order valence-electron chi connectivity index (χ1n) is 6.73. The maximum Gasteiger partial charge on any atom is 0.232 e.